The zero-order valence-electron chi connectivity index (χ0n) is 10.3. The first-order valence-electron chi connectivity index (χ1n) is 5.86. The summed E-state index contributed by atoms with van der Waals surface area (Å²) in [4.78, 5) is 0. The van der Waals surface area contributed by atoms with Gasteiger partial charge in [0, 0.05) is 6.07 Å². The fourth-order valence-corrected chi connectivity index (χ4v) is 2.45. The molecule has 0 aliphatic heterocycles. The van der Waals surface area contributed by atoms with Crippen molar-refractivity contribution in [2.75, 3.05) is 0 Å². The molecule has 3 N–H and O–H groups in total. The van der Waals surface area contributed by atoms with Crippen molar-refractivity contribution in [3.8, 4) is 0 Å². The Morgan fingerprint density at radius 2 is 1.75 bits per heavy atom. The van der Waals surface area contributed by atoms with Gasteiger partial charge in [-0.2, -0.15) is 0 Å². The minimum Gasteiger partial charge on any atom is -0.271 e. The molecule has 20 heavy (non-hydrogen) atoms. The second kappa shape index (κ2) is 6.50. The molecule has 0 radical (unpaired) electrons. The van der Waals surface area contributed by atoms with Gasteiger partial charge in [-0.15, -0.1) is 0 Å². The summed E-state index contributed by atoms with van der Waals surface area (Å²) in [6.07, 6.45) is 0.283. The molecule has 106 valence electrons. The Balaban J connectivity index is 2.31. The van der Waals surface area contributed by atoms with Crippen LogP contribution in [0.3, 0.4) is 0 Å². The fourth-order valence-electron chi connectivity index (χ4n) is 2.01. The fraction of sp³-hybridized carbons (Fsp3) is 0.143. The van der Waals surface area contributed by atoms with E-state index in [1.165, 1.54) is 12.1 Å². The Morgan fingerprint density at radius 1 is 1.10 bits per heavy atom. The Kier molecular flexibility index (Phi) is 4.94. The van der Waals surface area contributed by atoms with Crippen LogP contribution < -0.4 is 11.3 Å². The number of hydrogen-bond acceptors (Lipinski definition) is 2. The van der Waals surface area contributed by atoms with E-state index in [-0.39, 0.29) is 6.42 Å². The molecule has 0 spiro atoms. The molecule has 2 aromatic carbocycles. The van der Waals surface area contributed by atoms with E-state index < -0.39 is 17.7 Å². The molecule has 2 aromatic rings. The van der Waals surface area contributed by atoms with Gasteiger partial charge in [0.15, 0.2) is 0 Å². The van der Waals surface area contributed by atoms with Gasteiger partial charge in [-0.1, -0.05) is 35.3 Å². The van der Waals surface area contributed by atoms with Gasteiger partial charge in [0.1, 0.15) is 11.6 Å². The van der Waals surface area contributed by atoms with E-state index in [1.54, 1.807) is 18.2 Å². The Morgan fingerprint density at radius 3 is 2.35 bits per heavy atom. The van der Waals surface area contributed by atoms with E-state index in [4.69, 9.17) is 29.0 Å². The predicted molar refractivity (Wildman–Crippen MR) is 76.6 cm³/mol. The number of rotatable bonds is 4. The largest absolute Gasteiger partial charge is 0.271 e. The second-order valence-electron chi connectivity index (χ2n) is 4.34. The summed E-state index contributed by atoms with van der Waals surface area (Å²) in [6.45, 7) is 0. The Labute approximate surface area is 125 Å². The highest BCUT2D eigenvalue weighted by molar-refractivity contribution is 6.42. The van der Waals surface area contributed by atoms with Crippen molar-refractivity contribution in [1.82, 2.24) is 5.43 Å². The van der Waals surface area contributed by atoms with E-state index in [2.05, 4.69) is 5.43 Å². The van der Waals surface area contributed by atoms with Crippen LogP contribution in [0.15, 0.2) is 36.4 Å². The maximum atomic E-state index is 13.2. The Bertz CT molecular complexity index is 600. The van der Waals surface area contributed by atoms with Crippen molar-refractivity contribution in [2.24, 2.45) is 5.84 Å². The van der Waals surface area contributed by atoms with Gasteiger partial charge in [0.05, 0.1) is 16.1 Å². The summed E-state index contributed by atoms with van der Waals surface area (Å²) in [5.41, 5.74) is 3.73. The number of benzene rings is 2. The highest BCUT2D eigenvalue weighted by atomic mass is 35.5. The average Bonchev–Trinajstić information content (AvgIpc) is 2.38. The van der Waals surface area contributed by atoms with Gasteiger partial charge >= 0.3 is 0 Å². The molecule has 0 amide bonds. The lowest BCUT2D eigenvalue weighted by Gasteiger charge is -2.18. The van der Waals surface area contributed by atoms with Crippen LogP contribution in [0.5, 0.6) is 0 Å². The maximum absolute atomic E-state index is 13.2. The first kappa shape index (κ1) is 15.2. The van der Waals surface area contributed by atoms with Gasteiger partial charge in [-0.3, -0.25) is 11.3 Å². The lowest BCUT2D eigenvalue weighted by atomic mass is 9.99. The summed E-state index contributed by atoms with van der Waals surface area (Å²) in [5, 5.41) is 0.767. The first-order valence-corrected chi connectivity index (χ1v) is 6.62. The predicted octanol–water partition coefficient (Wildman–Crippen LogP) is 4.02. The number of halogens is 4. The molecule has 0 aromatic heterocycles. The van der Waals surface area contributed by atoms with E-state index >= 15 is 0 Å². The van der Waals surface area contributed by atoms with Crippen molar-refractivity contribution < 1.29 is 8.78 Å². The minimum atomic E-state index is -0.632. The molecule has 0 aliphatic rings. The van der Waals surface area contributed by atoms with E-state index in [1.807, 2.05) is 0 Å². The molecule has 6 heteroatoms. The summed E-state index contributed by atoms with van der Waals surface area (Å²) in [6, 6.07) is 8.08. The summed E-state index contributed by atoms with van der Waals surface area (Å²) in [7, 11) is 0. The third kappa shape index (κ3) is 3.46. The lowest BCUT2D eigenvalue weighted by Crippen LogP contribution is -2.29. The van der Waals surface area contributed by atoms with Gasteiger partial charge in [-0.05, 0) is 35.7 Å². The minimum absolute atomic E-state index is 0.283. The van der Waals surface area contributed by atoms with Crippen LogP contribution in [0.4, 0.5) is 8.78 Å². The quantitative estimate of drug-likeness (QED) is 0.660. The topological polar surface area (TPSA) is 38.0 Å². The van der Waals surface area contributed by atoms with Crippen LogP contribution in [0.25, 0.3) is 0 Å². The highest BCUT2D eigenvalue weighted by Gasteiger charge is 2.16. The molecule has 2 rings (SSSR count). The molecule has 0 fully saturated rings. The van der Waals surface area contributed by atoms with E-state index in [9.17, 15) is 8.78 Å². The van der Waals surface area contributed by atoms with Crippen molar-refractivity contribution in [3.63, 3.8) is 0 Å². The van der Waals surface area contributed by atoms with Gasteiger partial charge in [-0.25, -0.2) is 8.78 Å². The second-order valence-corrected chi connectivity index (χ2v) is 5.13. The van der Waals surface area contributed by atoms with Crippen LogP contribution in [-0.4, -0.2) is 0 Å². The SMILES string of the molecule is NNC(Cc1cc(F)cc(F)c1)c1cccc(Cl)c1Cl. The highest BCUT2D eigenvalue weighted by Crippen LogP contribution is 2.31. The molecule has 2 nitrogen and oxygen atoms in total. The summed E-state index contributed by atoms with van der Waals surface area (Å²) in [5.74, 6) is 4.25. The standard InChI is InChI=1S/C14H12Cl2F2N2/c15-12-3-1-2-11(14(12)16)13(20-19)6-8-4-9(17)7-10(18)5-8/h1-5,7,13,20H,6,19H2. The first-order chi connectivity index (χ1) is 9.51. The molecule has 1 atom stereocenters. The number of hydrogen-bond donors (Lipinski definition) is 2. The van der Waals surface area contributed by atoms with E-state index in [0.717, 1.165) is 6.07 Å². The molecule has 0 saturated heterocycles. The van der Waals surface area contributed by atoms with Crippen molar-refractivity contribution >= 4 is 23.2 Å². The number of nitrogens with one attached hydrogen (secondary N) is 1. The third-order valence-corrected chi connectivity index (χ3v) is 3.75. The van der Waals surface area contributed by atoms with Crippen LogP contribution in [0, 0.1) is 11.6 Å². The third-order valence-electron chi connectivity index (χ3n) is 2.92. The lowest BCUT2D eigenvalue weighted by molar-refractivity contribution is 0.540. The number of hydrazine groups is 1. The van der Waals surface area contributed by atoms with Crippen LogP contribution in [0.2, 0.25) is 10.0 Å². The molecule has 1 unspecified atom stereocenters. The van der Waals surface area contributed by atoms with Crippen LogP contribution in [-0.2, 0) is 6.42 Å². The van der Waals surface area contributed by atoms with Crippen molar-refractivity contribution in [3.05, 3.63) is 69.2 Å². The normalized spacial score (nSPS) is 12.4. The van der Waals surface area contributed by atoms with Gasteiger partial charge in [0.2, 0.25) is 0 Å². The maximum Gasteiger partial charge on any atom is 0.126 e. The molecule has 0 aliphatic carbocycles. The number of nitrogens with two attached hydrogens (primary N) is 1. The average molecular weight is 317 g/mol. The van der Waals surface area contributed by atoms with Crippen LogP contribution in [0.1, 0.15) is 17.2 Å². The zero-order valence-corrected chi connectivity index (χ0v) is 11.8. The molecular formula is C14H12Cl2F2N2. The van der Waals surface area contributed by atoms with Crippen LogP contribution >= 0.6 is 23.2 Å². The smallest absolute Gasteiger partial charge is 0.126 e. The Hall–Kier alpha value is -1.20. The summed E-state index contributed by atoms with van der Waals surface area (Å²) >= 11 is 12.1. The van der Waals surface area contributed by atoms with Gasteiger partial charge < -0.3 is 0 Å². The monoisotopic (exact) mass is 316 g/mol. The summed E-state index contributed by atoms with van der Waals surface area (Å²) < 4.78 is 26.4. The molecule has 0 bridgehead atoms. The zero-order chi connectivity index (χ0) is 14.7. The molecule has 0 heterocycles. The van der Waals surface area contributed by atoms with Crippen molar-refractivity contribution in [1.29, 1.82) is 0 Å². The molecular weight excluding hydrogens is 305 g/mol. The molecule has 0 saturated carbocycles. The van der Waals surface area contributed by atoms with E-state index in [0.29, 0.717) is 21.2 Å². The van der Waals surface area contributed by atoms with Gasteiger partial charge in [0.25, 0.3) is 0 Å². The van der Waals surface area contributed by atoms with Crippen molar-refractivity contribution in [2.45, 2.75) is 12.5 Å².